The van der Waals surface area contributed by atoms with Crippen LogP contribution in [0.25, 0.3) is 10.8 Å². The topological polar surface area (TPSA) is 55.1 Å². The summed E-state index contributed by atoms with van der Waals surface area (Å²) in [4.78, 5) is 0.831. The predicted octanol–water partition coefficient (Wildman–Crippen LogP) is 2.58. The highest BCUT2D eigenvalue weighted by atomic mass is 32.2. The predicted molar refractivity (Wildman–Crippen MR) is 81.3 cm³/mol. The molecule has 102 valence electrons. The molecule has 2 aromatic carbocycles. The normalized spacial score (nSPS) is 12.7. The Morgan fingerprint density at radius 1 is 1.00 bits per heavy atom. The molecule has 0 aliphatic heterocycles. The second-order valence-electron chi connectivity index (χ2n) is 4.52. The summed E-state index contributed by atoms with van der Waals surface area (Å²) in [6.45, 7) is 1.49. The van der Waals surface area contributed by atoms with E-state index in [1.165, 1.54) is 5.39 Å². The maximum absolute atomic E-state index is 12.1. The molecule has 0 aliphatic rings. The molecule has 2 aromatic rings. The molecular formula is C15H20N2OS. The van der Waals surface area contributed by atoms with Crippen LogP contribution < -0.4 is 10.5 Å². The fraction of sp³-hybridized carbons (Fsp3) is 0.333. The number of unbranched alkanes of at least 4 members (excludes halogenated alkanes) is 2. The molecule has 0 fully saturated rings. The lowest BCUT2D eigenvalue weighted by Gasteiger charge is -2.06. The molecule has 3 N–H and O–H groups in total. The van der Waals surface area contributed by atoms with Gasteiger partial charge in [0.1, 0.15) is 11.0 Å². The van der Waals surface area contributed by atoms with Gasteiger partial charge in [-0.05, 0) is 42.3 Å². The van der Waals surface area contributed by atoms with E-state index in [4.69, 9.17) is 5.73 Å². The van der Waals surface area contributed by atoms with Crippen molar-refractivity contribution in [3.63, 3.8) is 0 Å². The van der Waals surface area contributed by atoms with Crippen LogP contribution in [0.15, 0.2) is 47.4 Å². The van der Waals surface area contributed by atoms with E-state index in [1.807, 2.05) is 36.4 Å². The Kier molecular flexibility index (Phi) is 5.51. The molecule has 3 nitrogen and oxygen atoms in total. The average molecular weight is 276 g/mol. The van der Waals surface area contributed by atoms with E-state index in [1.54, 1.807) is 0 Å². The average Bonchev–Trinajstić information content (AvgIpc) is 2.46. The van der Waals surface area contributed by atoms with E-state index >= 15 is 0 Å². The summed E-state index contributed by atoms with van der Waals surface area (Å²) in [6, 6.07) is 14.0. The van der Waals surface area contributed by atoms with Gasteiger partial charge in [-0.2, -0.15) is 0 Å². The highest BCUT2D eigenvalue weighted by Gasteiger charge is 2.03. The van der Waals surface area contributed by atoms with Gasteiger partial charge in [0.05, 0.1) is 4.90 Å². The SMILES string of the molecule is NCCCCCNS(=O)c1ccc2ccccc2c1. The van der Waals surface area contributed by atoms with E-state index in [-0.39, 0.29) is 0 Å². The lowest BCUT2D eigenvalue weighted by molar-refractivity contribution is 0.650. The maximum Gasteiger partial charge on any atom is 0.124 e. The Bertz CT molecular complexity index is 557. The number of rotatable bonds is 7. The molecule has 0 aliphatic carbocycles. The zero-order valence-corrected chi connectivity index (χ0v) is 11.8. The number of fused-ring (bicyclic) bond motifs is 1. The fourth-order valence-corrected chi connectivity index (χ4v) is 2.90. The molecule has 0 amide bonds. The molecule has 1 unspecified atom stereocenters. The highest BCUT2D eigenvalue weighted by Crippen LogP contribution is 2.17. The van der Waals surface area contributed by atoms with Gasteiger partial charge in [0.15, 0.2) is 0 Å². The van der Waals surface area contributed by atoms with Gasteiger partial charge < -0.3 is 5.73 Å². The third-order valence-electron chi connectivity index (χ3n) is 3.05. The zero-order valence-electron chi connectivity index (χ0n) is 11.0. The summed E-state index contributed by atoms with van der Waals surface area (Å²) in [6.07, 6.45) is 3.12. The van der Waals surface area contributed by atoms with Crippen molar-refractivity contribution < 1.29 is 4.21 Å². The summed E-state index contributed by atoms with van der Waals surface area (Å²) >= 11 is 0. The van der Waals surface area contributed by atoms with E-state index in [0.29, 0.717) is 0 Å². The van der Waals surface area contributed by atoms with Gasteiger partial charge >= 0.3 is 0 Å². The van der Waals surface area contributed by atoms with E-state index in [9.17, 15) is 4.21 Å². The van der Waals surface area contributed by atoms with Crippen LogP contribution in [0.1, 0.15) is 19.3 Å². The molecule has 0 heterocycles. The van der Waals surface area contributed by atoms with Gasteiger partial charge in [0.2, 0.25) is 0 Å². The Morgan fingerprint density at radius 2 is 1.79 bits per heavy atom. The van der Waals surface area contributed by atoms with Gasteiger partial charge in [-0.25, -0.2) is 8.93 Å². The van der Waals surface area contributed by atoms with Crippen LogP contribution >= 0.6 is 0 Å². The minimum atomic E-state index is -1.13. The number of hydrogen-bond acceptors (Lipinski definition) is 2. The summed E-state index contributed by atoms with van der Waals surface area (Å²) in [5.41, 5.74) is 5.43. The highest BCUT2D eigenvalue weighted by molar-refractivity contribution is 7.83. The minimum Gasteiger partial charge on any atom is -0.330 e. The first kappa shape index (κ1) is 14.2. The molecule has 0 saturated heterocycles. The second-order valence-corrected chi connectivity index (χ2v) is 5.82. The molecule has 1 atom stereocenters. The van der Waals surface area contributed by atoms with Gasteiger partial charge in [0, 0.05) is 6.54 Å². The number of hydrogen-bond donors (Lipinski definition) is 2. The van der Waals surface area contributed by atoms with Crippen molar-refractivity contribution in [2.45, 2.75) is 24.2 Å². The first-order valence-electron chi connectivity index (χ1n) is 6.65. The van der Waals surface area contributed by atoms with E-state index in [2.05, 4.69) is 10.8 Å². The Balaban J connectivity index is 1.93. The monoisotopic (exact) mass is 276 g/mol. The summed E-state index contributed by atoms with van der Waals surface area (Å²) in [7, 11) is -1.13. The summed E-state index contributed by atoms with van der Waals surface area (Å²) in [5, 5.41) is 2.30. The van der Waals surface area contributed by atoms with Crippen LogP contribution in [0.3, 0.4) is 0 Å². The van der Waals surface area contributed by atoms with E-state index in [0.717, 1.165) is 42.6 Å². The van der Waals surface area contributed by atoms with E-state index < -0.39 is 11.0 Å². The molecule has 4 heteroatoms. The van der Waals surface area contributed by atoms with Crippen molar-refractivity contribution in [3.05, 3.63) is 42.5 Å². The van der Waals surface area contributed by atoms with Crippen molar-refractivity contribution in [1.82, 2.24) is 4.72 Å². The summed E-state index contributed by atoms with van der Waals surface area (Å²) < 4.78 is 15.2. The third-order valence-corrected chi connectivity index (χ3v) is 4.20. The molecule has 0 spiro atoms. The number of benzene rings is 2. The van der Waals surface area contributed by atoms with Crippen molar-refractivity contribution >= 4 is 21.8 Å². The van der Waals surface area contributed by atoms with Gasteiger partial charge in [-0.1, -0.05) is 36.8 Å². The molecule has 2 rings (SSSR count). The number of nitrogens with one attached hydrogen (secondary N) is 1. The van der Waals surface area contributed by atoms with Gasteiger partial charge in [0.25, 0.3) is 0 Å². The van der Waals surface area contributed by atoms with Crippen LogP contribution in [0, 0.1) is 0 Å². The number of nitrogens with two attached hydrogens (primary N) is 1. The lowest BCUT2D eigenvalue weighted by atomic mass is 10.1. The first-order chi connectivity index (χ1) is 9.31. The van der Waals surface area contributed by atoms with Crippen LogP contribution in [0.4, 0.5) is 0 Å². The lowest BCUT2D eigenvalue weighted by Crippen LogP contribution is -2.18. The molecule has 0 saturated carbocycles. The van der Waals surface area contributed by atoms with Gasteiger partial charge in [-0.15, -0.1) is 0 Å². The second kappa shape index (κ2) is 7.38. The van der Waals surface area contributed by atoms with Crippen LogP contribution in [-0.4, -0.2) is 17.3 Å². The minimum absolute atomic E-state index is 0.730. The summed E-state index contributed by atoms with van der Waals surface area (Å²) in [5.74, 6) is 0. The molecule has 19 heavy (non-hydrogen) atoms. The Morgan fingerprint density at radius 3 is 2.58 bits per heavy atom. The third kappa shape index (κ3) is 4.13. The molecule has 0 radical (unpaired) electrons. The molecule has 0 bridgehead atoms. The quantitative estimate of drug-likeness (QED) is 0.764. The van der Waals surface area contributed by atoms with Crippen LogP contribution in [-0.2, 0) is 11.0 Å². The fourth-order valence-electron chi connectivity index (χ4n) is 1.98. The Hall–Kier alpha value is -1.23. The standard InChI is InChI=1S/C15H20N2OS/c16-10-4-1-5-11-17-19(18)15-9-8-13-6-2-3-7-14(13)12-15/h2-3,6-9,12,17H,1,4-5,10-11,16H2. The smallest absolute Gasteiger partial charge is 0.124 e. The van der Waals surface area contributed by atoms with Crippen molar-refractivity contribution in [2.24, 2.45) is 5.73 Å². The zero-order chi connectivity index (χ0) is 13.5. The molecule has 0 aromatic heterocycles. The van der Waals surface area contributed by atoms with Crippen LogP contribution in [0.5, 0.6) is 0 Å². The van der Waals surface area contributed by atoms with Gasteiger partial charge in [-0.3, -0.25) is 0 Å². The first-order valence-corrected chi connectivity index (χ1v) is 7.80. The van der Waals surface area contributed by atoms with Crippen molar-refractivity contribution in [1.29, 1.82) is 0 Å². The maximum atomic E-state index is 12.1. The van der Waals surface area contributed by atoms with Crippen molar-refractivity contribution in [2.75, 3.05) is 13.1 Å². The van der Waals surface area contributed by atoms with Crippen LogP contribution in [0.2, 0.25) is 0 Å². The molecular weight excluding hydrogens is 256 g/mol. The Labute approximate surface area is 116 Å². The largest absolute Gasteiger partial charge is 0.330 e. The van der Waals surface area contributed by atoms with Crippen molar-refractivity contribution in [3.8, 4) is 0 Å².